The zero-order valence-corrected chi connectivity index (χ0v) is 11.9. The standard InChI is InChI=1S/C16H15FN2O3/c1-18-16(21)19-15(20)14(11-7-3-2-4-8-11)22-13-10-6-5-9-12(13)17/h2-10,14H,1H3,(H2,18,19,20,21)/t14-/m0/s1. The molecule has 2 rings (SSSR count). The van der Waals surface area contributed by atoms with Crippen LogP contribution in [-0.4, -0.2) is 19.0 Å². The van der Waals surface area contributed by atoms with Gasteiger partial charge in [0.2, 0.25) is 6.10 Å². The van der Waals surface area contributed by atoms with Crippen LogP contribution in [-0.2, 0) is 4.79 Å². The van der Waals surface area contributed by atoms with Gasteiger partial charge in [0.25, 0.3) is 5.91 Å². The van der Waals surface area contributed by atoms with Crippen molar-refractivity contribution in [3.8, 4) is 5.75 Å². The van der Waals surface area contributed by atoms with Gasteiger partial charge in [0.15, 0.2) is 11.6 Å². The van der Waals surface area contributed by atoms with E-state index < -0.39 is 23.9 Å². The van der Waals surface area contributed by atoms with Crippen LogP contribution in [0.4, 0.5) is 9.18 Å². The Hall–Kier alpha value is -2.89. The molecular weight excluding hydrogens is 287 g/mol. The molecule has 0 radical (unpaired) electrons. The molecule has 6 heteroatoms. The summed E-state index contributed by atoms with van der Waals surface area (Å²) in [6, 6.07) is 13.6. The number of benzene rings is 2. The Morgan fingerprint density at radius 1 is 1.05 bits per heavy atom. The number of carbonyl (C=O) groups excluding carboxylic acids is 2. The number of hydrogen-bond acceptors (Lipinski definition) is 3. The molecule has 5 nitrogen and oxygen atoms in total. The van der Waals surface area contributed by atoms with Gasteiger partial charge < -0.3 is 10.1 Å². The van der Waals surface area contributed by atoms with E-state index in [1.54, 1.807) is 36.4 Å². The van der Waals surface area contributed by atoms with E-state index in [0.717, 1.165) is 0 Å². The van der Waals surface area contributed by atoms with Crippen molar-refractivity contribution >= 4 is 11.9 Å². The van der Waals surface area contributed by atoms with E-state index in [-0.39, 0.29) is 5.75 Å². The fourth-order valence-electron chi connectivity index (χ4n) is 1.81. The molecular formula is C16H15FN2O3. The summed E-state index contributed by atoms with van der Waals surface area (Å²) in [5.41, 5.74) is 0.507. The van der Waals surface area contributed by atoms with Gasteiger partial charge in [-0.3, -0.25) is 10.1 Å². The van der Waals surface area contributed by atoms with Gasteiger partial charge in [-0.05, 0) is 12.1 Å². The van der Waals surface area contributed by atoms with Gasteiger partial charge in [0.05, 0.1) is 0 Å². The number of urea groups is 1. The van der Waals surface area contributed by atoms with Crippen LogP contribution in [0.3, 0.4) is 0 Å². The third-order valence-electron chi connectivity index (χ3n) is 2.89. The summed E-state index contributed by atoms with van der Waals surface area (Å²) in [6.45, 7) is 0. The molecule has 0 spiro atoms. The van der Waals surface area contributed by atoms with Gasteiger partial charge >= 0.3 is 6.03 Å². The molecule has 0 aliphatic heterocycles. The second-order valence-electron chi connectivity index (χ2n) is 4.41. The van der Waals surface area contributed by atoms with Gasteiger partial charge in [-0.15, -0.1) is 0 Å². The predicted molar refractivity (Wildman–Crippen MR) is 78.8 cm³/mol. The Morgan fingerprint density at radius 2 is 1.68 bits per heavy atom. The molecule has 1 atom stereocenters. The first-order valence-electron chi connectivity index (χ1n) is 6.60. The van der Waals surface area contributed by atoms with Crippen molar-refractivity contribution in [1.29, 1.82) is 0 Å². The Morgan fingerprint density at radius 3 is 2.32 bits per heavy atom. The Balaban J connectivity index is 2.28. The summed E-state index contributed by atoms with van der Waals surface area (Å²) in [6.07, 6.45) is -1.14. The molecule has 2 aromatic carbocycles. The first kappa shape index (κ1) is 15.5. The predicted octanol–water partition coefficient (Wildman–Crippen LogP) is 2.40. The lowest BCUT2D eigenvalue weighted by molar-refractivity contribution is -0.127. The highest BCUT2D eigenvalue weighted by Crippen LogP contribution is 2.24. The minimum absolute atomic E-state index is 0.0663. The molecule has 0 heterocycles. The summed E-state index contributed by atoms with van der Waals surface area (Å²) in [5, 5.41) is 4.41. The fourth-order valence-corrected chi connectivity index (χ4v) is 1.81. The van der Waals surface area contributed by atoms with Crippen LogP contribution in [0.1, 0.15) is 11.7 Å². The highest BCUT2D eigenvalue weighted by Gasteiger charge is 2.25. The van der Waals surface area contributed by atoms with Gasteiger partial charge in [0, 0.05) is 12.6 Å². The number of hydrogen-bond donors (Lipinski definition) is 2. The van der Waals surface area contributed by atoms with Crippen LogP contribution in [0.2, 0.25) is 0 Å². The van der Waals surface area contributed by atoms with Crippen LogP contribution in [0, 0.1) is 5.82 Å². The van der Waals surface area contributed by atoms with Gasteiger partial charge in [-0.25, -0.2) is 9.18 Å². The average molecular weight is 302 g/mol. The van der Waals surface area contributed by atoms with Gasteiger partial charge in [-0.1, -0.05) is 42.5 Å². The molecule has 0 saturated carbocycles. The summed E-state index contributed by atoms with van der Waals surface area (Å²) < 4.78 is 19.2. The second-order valence-corrected chi connectivity index (χ2v) is 4.41. The highest BCUT2D eigenvalue weighted by atomic mass is 19.1. The van der Waals surface area contributed by atoms with E-state index in [0.29, 0.717) is 5.56 Å². The molecule has 2 N–H and O–H groups in total. The number of nitrogens with one attached hydrogen (secondary N) is 2. The van der Waals surface area contributed by atoms with Gasteiger partial charge in [0.1, 0.15) is 0 Å². The van der Waals surface area contributed by atoms with Crippen molar-refractivity contribution in [3.05, 3.63) is 66.0 Å². The minimum Gasteiger partial charge on any atom is -0.473 e. The number of halogens is 1. The molecule has 22 heavy (non-hydrogen) atoms. The normalized spacial score (nSPS) is 11.4. The molecule has 2 aromatic rings. The van der Waals surface area contributed by atoms with E-state index in [4.69, 9.17) is 4.74 Å². The Bertz CT molecular complexity index is 661. The van der Waals surface area contributed by atoms with Crippen molar-refractivity contribution in [3.63, 3.8) is 0 Å². The summed E-state index contributed by atoms with van der Waals surface area (Å²) in [4.78, 5) is 23.5. The molecule has 0 bridgehead atoms. The van der Waals surface area contributed by atoms with Crippen molar-refractivity contribution in [2.24, 2.45) is 0 Å². The maximum Gasteiger partial charge on any atom is 0.321 e. The molecule has 3 amide bonds. The van der Waals surface area contributed by atoms with E-state index in [1.165, 1.54) is 25.2 Å². The number of ether oxygens (including phenoxy) is 1. The van der Waals surface area contributed by atoms with Gasteiger partial charge in [-0.2, -0.15) is 0 Å². The molecule has 114 valence electrons. The van der Waals surface area contributed by atoms with E-state index >= 15 is 0 Å². The van der Waals surface area contributed by atoms with Crippen molar-refractivity contribution in [2.45, 2.75) is 6.10 Å². The quantitative estimate of drug-likeness (QED) is 0.911. The molecule has 0 fully saturated rings. The number of amides is 3. The smallest absolute Gasteiger partial charge is 0.321 e. The molecule has 0 aliphatic rings. The van der Waals surface area contributed by atoms with Crippen molar-refractivity contribution in [1.82, 2.24) is 10.6 Å². The molecule has 0 saturated heterocycles. The average Bonchev–Trinajstić information content (AvgIpc) is 2.54. The van der Waals surface area contributed by atoms with E-state index in [9.17, 15) is 14.0 Å². The third-order valence-corrected chi connectivity index (χ3v) is 2.89. The second kappa shape index (κ2) is 7.21. The summed E-state index contributed by atoms with van der Waals surface area (Å²) in [5.74, 6) is -1.34. The third kappa shape index (κ3) is 3.82. The minimum atomic E-state index is -1.14. The largest absolute Gasteiger partial charge is 0.473 e. The first-order valence-corrected chi connectivity index (χ1v) is 6.60. The molecule has 0 aromatic heterocycles. The maximum atomic E-state index is 13.7. The molecule has 0 unspecified atom stereocenters. The van der Waals surface area contributed by atoms with E-state index in [1.807, 2.05) is 0 Å². The monoisotopic (exact) mass is 302 g/mol. The Kier molecular flexibility index (Phi) is 5.08. The Labute approximate surface area is 127 Å². The summed E-state index contributed by atoms with van der Waals surface area (Å²) in [7, 11) is 1.39. The number of para-hydroxylation sites is 1. The highest BCUT2D eigenvalue weighted by molar-refractivity contribution is 5.97. The van der Waals surface area contributed by atoms with Crippen molar-refractivity contribution < 1.29 is 18.7 Å². The van der Waals surface area contributed by atoms with Crippen LogP contribution < -0.4 is 15.4 Å². The number of carbonyl (C=O) groups is 2. The zero-order valence-electron chi connectivity index (χ0n) is 11.9. The van der Waals surface area contributed by atoms with Crippen LogP contribution in [0.25, 0.3) is 0 Å². The van der Waals surface area contributed by atoms with Crippen LogP contribution >= 0.6 is 0 Å². The number of imide groups is 1. The lowest BCUT2D eigenvalue weighted by Crippen LogP contribution is -2.41. The van der Waals surface area contributed by atoms with Crippen LogP contribution in [0.5, 0.6) is 5.75 Å². The van der Waals surface area contributed by atoms with Crippen molar-refractivity contribution in [2.75, 3.05) is 7.05 Å². The lowest BCUT2D eigenvalue weighted by atomic mass is 10.1. The maximum absolute atomic E-state index is 13.7. The van der Waals surface area contributed by atoms with E-state index in [2.05, 4.69) is 10.6 Å². The first-order chi connectivity index (χ1) is 10.6. The SMILES string of the molecule is CNC(=O)NC(=O)[C@@H](Oc1ccccc1F)c1ccccc1. The molecule has 0 aliphatic carbocycles. The zero-order chi connectivity index (χ0) is 15.9. The fraction of sp³-hybridized carbons (Fsp3) is 0.125. The topological polar surface area (TPSA) is 67.4 Å². The summed E-state index contributed by atoms with van der Waals surface area (Å²) >= 11 is 0. The number of rotatable bonds is 4. The lowest BCUT2D eigenvalue weighted by Gasteiger charge is -2.19. The van der Waals surface area contributed by atoms with Crippen LogP contribution in [0.15, 0.2) is 54.6 Å².